The highest BCUT2D eigenvalue weighted by molar-refractivity contribution is 5.92. The number of carbonyl (C=O) groups is 1. The van der Waals surface area contributed by atoms with Crippen molar-refractivity contribution in [1.82, 2.24) is 10.3 Å². The average molecular weight is 391 g/mol. The zero-order valence-electron chi connectivity index (χ0n) is 16.9. The predicted molar refractivity (Wildman–Crippen MR) is 114 cm³/mol. The molecule has 0 saturated heterocycles. The monoisotopic (exact) mass is 391 g/mol. The summed E-state index contributed by atoms with van der Waals surface area (Å²) in [5, 5.41) is 6.15. The van der Waals surface area contributed by atoms with Gasteiger partial charge in [-0.25, -0.2) is 4.98 Å². The SMILES string of the molecule is CCc1ccc(Nc2ccc(C(=O)NCc3ccc(OC)c(OC)c3)nc2)cc1. The van der Waals surface area contributed by atoms with Crippen LogP contribution in [0.4, 0.5) is 11.4 Å². The third-order valence-electron chi connectivity index (χ3n) is 4.55. The third kappa shape index (κ3) is 5.25. The number of nitrogens with one attached hydrogen (secondary N) is 2. The third-order valence-corrected chi connectivity index (χ3v) is 4.55. The van der Waals surface area contributed by atoms with Crippen LogP contribution in [0.1, 0.15) is 28.5 Å². The van der Waals surface area contributed by atoms with Gasteiger partial charge < -0.3 is 20.1 Å². The Hall–Kier alpha value is -3.54. The summed E-state index contributed by atoms with van der Waals surface area (Å²) in [6.45, 7) is 2.49. The molecule has 0 aliphatic heterocycles. The molecule has 0 aliphatic carbocycles. The van der Waals surface area contributed by atoms with Gasteiger partial charge >= 0.3 is 0 Å². The maximum atomic E-state index is 12.4. The van der Waals surface area contributed by atoms with Crippen LogP contribution in [-0.4, -0.2) is 25.1 Å². The van der Waals surface area contributed by atoms with Gasteiger partial charge in [-0.2, -0.15) is 0 Å². The first-order valence-corrected chi connectivity index (χ1v) is 9.44. The Kier molecular flexibility index (Phi) is 6.68. The number of pyridine rings is 1. The van der Waals surface area contributed by atoms with Gasteiger partial charge in [0.25, 0.3) is 5.91 Å². The lowest BCUT2D eigenvalue weighted by molar-refractivity contribution is 0.0946. The molecule has 1 amide bonds. The lowest BCUT2D eigenvalue weighted by Gasteiger charge is -2.11. The fourth-order valence-electron chi connectivity index (χ4n) is 2.86. The van der Waals surface area contributed by atoms with Crippen molar-refractivity contribution in [3.8, 4) is 11.5 Å². The van der Waals surface area contributed by atoms with Crippen molar-refractivity contribution in [3.63, 3.8) is 0 Å². The van der Waals surface area contributed by atoms with E-state index in [1.165, 1.54) is 5.56 Å². The molecular weight excluding hydrogens is 366 g/mol. The molecule has 0 unspecified atom stereocenters. The van der Waals surface area contributed by atoms with Crippen LogP contribution in [0.15, 0.2) is 60.8 Å². The smallest absolute Gasteiger partial charge is 0.270 e. The minimum atomic E-state index is -0.237. The summed E-state index contributed by atoms with van der Waals surface area (Å²) >= 11 is 0. The summed E-state index contributed by atoms with van der Waals surface area (Å²) in [4.78, 5) is 16.6. The molecule has 3 rings (SSSR count). The Morgan fingerprint density at radius 3 is 2.21 bits per heavy atom. The number of amides is 1. The molecule has 3 aromatic rings. The number of methoxy groups -OCH3 is 2. The van der Waals surface area contributed by atoms with E-state index in [0.717, 1.165) is 23.4 Å². The van der Waals surface area contributed by atoms with Crippen LogP contribution < -0.4 is 20.1 Å². The number of rotatable bonds is 8. The molecule has 0 bridgehead atoms. The second kappa shape index (κ2) is 9.59. The Bertz CT molecular complexity index is 954. The van der Waals surface area contributed by atoms with Gasteiger partial charge in [-0.15, -0.1) is 0 Å². The highest BCUT2D eigenvalue weighted by Crippen LogP contribution is 2.27. The van der Waals surface area contributed by atoms with Gasteiger partial charge in [0.2, 0.25) is 0 Å². The maximum absolute atomic E-state index is 12.4. The van der Waals surface area contributed by atoms with Gasteiger partial charge in [0.15, 0.2) is 11.5 Å². The van der Waals surface area contributed by atoms with Gasteiger partial charge in [-0.3, -0.25) is 4.79 Å². The molecule has 0 spiro atoms. The number of benzene rings is 2. The standard InChI is InChI=1S/C23H25N3O3/c1-4-16-5-8-18(9-6-16)26-19-10-11-20(24-15-19)23(27)25-14-17-7-12-21(28-2)22(13-17)29-3/h5-13,15,26H,4,14H2,1-3H3,(H,25,27). The quantitative estimate of drug-likeness (QED) is 0.598. The Morgan fingerprint density at radius 1 is 0.897 bits per heavy atom. The number of anilines is 2. The molecule has 6 nitrogen and oxygen atoms in total. The minimum Gasteiger partial charge on any atom is -0.493 e. The Balaban J connectivity index is 1.58. The van der Waals surface area contributed by atoms with Crippen molar-refractivity contribution in [2.75, 3.05) is 19.5 Å². The number of ether oxygens (including phenoxy) is 2. The molecule has 6 heteroatoms. The van der Waals surface area contributed by atoms with Crippen LogP contribution in [0.3, 0.4) is 0 Å². The van der Waals surface area contributed by atoms with E-state index in [0.29, 0.717) is 23.7 Å². The van der Waals surface area contributed by atoms with Gasteiger partial charge in [-0.1, -0.05) is 25.1 Å². The van der Waals surface area contributed by atoms with Crippen LogP contribution in [0, 0.1) is 0 Å². The molecule has 29 heavy (non-hydrogen) atoms. The van der Waals surface area contributed by atoms with E-state index in [2.05, 4.69) is 34.7 Å². The molecular formula is C23H25N3O3. The molecule has 0 atom stereocenters. The van der Waals surface area contributed by atoms with Crippen molar-refractivity contribution in [2.45, 2.75) is 19.9 Å². The average Bonchev–Trinajstić information content (AvgIpc) is 2.78. The first kappa shape index (κ1) is 20.2. The van der Waals surface area contributed by atoms with E-state index in [4.69, 9.17) is 9.47 Å². The van der Waals surface area contributed by atoms with Crippen molar-refractivity contribution in [3.05, 3.63) is 77.6 Å². The summed E-state index contributed by atoms with van der Waals surface area (Å²) in [6.07, 6.45) is 2.66. The molecule has 0 aliphatic rings. The second-order valence-electron chi connectivity index (χ2n) is 6.48. The van der Waals surface area contributed by atoms with E-state index >= 15 is 0 Å². The van der Waals surface area contributed by atoms with E-state index in [-0.39, 0.29) is 5.91 Å². The molecule has 0 radical (unpaired) electrons. The van der Waals surface area contributed by atoms with E-state index in [9.17, 15) is 4.79 Å². The maximum Gasteiger partial charge on any atom is 0.270 e. The molecule has 2 aromatic carbocycles. The van der Waals surface area contributed by atoms with Crippen LogP contribution in [0.2, 0.25) is 0 Å². The zero-order chi connectivity index (χ0) is 20.6. The largest absolute Gasteiger partial charge is 0.493 e. The normalized spacial score (nSPS) is 10.3. The summed E-state index contributed by atoms with van der Waals surface area (Å²) in [6, 6.07) is 17.3. The van der Waals surface area contributed by atoms with E-state index in [1.807, 2.05) is 36.4 Å². The highest BCUT2D eigenvalue weighted by atomic mass is 16.5. The summed E-state index contributed by atoms with van der Waals surface area (Å²) < 4.78 is 10.5. The fraction of sp³-hybridized carbons (Fsp3) is 0.217. The zero-order valence-corrected chi connectivity index (χ0v) is 16.9. The Labute approximate surface area is 170 Å². The Morgan fingerprint density at radius 2 is 1.59 bits per heavy atom. The topological polar surface area (TPSA) is 72.5 Å². The molecule has 0 saturated carbocycles. The predicted octanol–water partition coefficient (Wildman–Crippen LogP) is 4.33. The summed E-state index contributed by atoms with van der Waals surface area (Å²) in [5.41, 5.74) is 4.36. The molecule has 150 valence electrons. The summed E-state index contributed by atoms with van der Waals surface area (Å²) in [7, 11) is 3.17. The number of hydrogen-bond acceptors (Lipinski definition) is 5. The number of carbonyl (C=O) groups excluding carboxylic acids is 1. The lowest BCUT2D eigenvalue weighted by atomic mass is 10.1. The lowest BCUT2D eigenvalue weighted by Crippen LogP contribution is -2.23. The van der Waals surface area contributed by atoms with E-state index < -0.39 is 0 Å². The number of aromatic nitrogens is 1. The van der Waals surface area contributed by atoms with Gasteiger partial charge in [-0.05, 0) is 53.9 Å². The van der Waals surface area contributed by atoms with Crippen molar-refractivity contribution < 1.29 is 14.3 Å². The second-order valence-corrected chi connectivity index (χ2v) is 6.48. The van der Waals surface area contributed by atoms with Crippen molar-refractivity contribution in [2.24, 2.45) is 0 Å². The minimum absolute atomic E-state index is 0.237. The molecule has 2 N–H and O–H groups in total. The first-order chi connectivity index (χ1) is 14.1. The molecule has 1 heterocycles. The van der Waals surface area contributed by atoms with Gasteiger partial charge in [0.1, 0.15) is 5.69 Å². The van der Waals surface area contributed by atoms with Gasteiger partial charge in [0, 0.05) is 12.2 Å². The number of hydrogen-bond donors (Lipinski definition) is 2. The van der Waals surface area contributed by atoms with Gasteiger partial charge in [0.05, 0.1) is 26.1 Å². The molecule has 0 fully saturated rings. The van der Waals surface area contributed by atoms with Crippen molar-refractivity contribution in [1.29, 1.82) is 0 Å². The van der Waals surface area contributed by atoms with Crippen molar-refractivity contribution >= 4 is 17.3 Å². The first-order valence-electron chi connectivity index (χ1n) is 9.44. The van der Waals surface area contributed by atoms with Crippen LogP contribution in [0.5, 0.6) is 11.5 Å². The molecule has 1 aromatic heterocycles. The van der Waals surface area contributed by atoms with Crippen LogP contribution >= 0.6 is 0 Å². The van der Waals surface area contributed by atoms with Crippen LogP contribution in [-0.2, 0) is 13.0 Å². The number of nitrogens with zero attached hydrogens (tertiary/aromatic N) is 1. The fourth-order valence-corrected chi connectivity index (χ4v) is 2.86. The number of aryl methyl sites for hydroxylation is 1. The highest BCUT2D eigenvalue weighted by Gasteiger charge is 2.09. The summed E-state index contributed by atoms with van der Waals surface area (Å²) in [5.74, 6) is 1.04. The van der Waals surface area contributed by atoms with E-state index in [1.54, 1.807) is 26.5 Å². The van der Waals surface area contributed by atoms with Crippen LogP contribution in [0.25, 0.3) is 0 Å².